The molecular formula is C16H22N4O. The maximum Gasteiger partial charge on any atom is 0.222 e. The van der Waals surface area contributed by atoms with E-state index >= 15 is 0 Å². The number of rotatable bonds is 5. The summed E-state index contributed by atoms with van der Waals surface area (Å²) in [6.07, 6.45) is 1.30. The molecule has 21 heavy (non-hydrogen) atoms. The van der Waals surface area contributed by atoms with E-state index in [0.29, 0.717) is 6.42 Å². The van der Waals surface area contributed by atoms with Crippen molar-refractivity contribution in [3.8, 4) is 0 Å². The highest BCUT2D eigenvalue weighted by molar-refractivity contribution is 5.76. The first-order valence-electron chi connectivity index (χ1n) is 7.63. The highest BCUT2D eigenvalue weighted by Crippen LogP contribution is 2.32. The van der Waals surface area contributed by atoms with Gasteiger partial charge in [-0.3, -0.25) is 9.69 Å². The first-order chi connectivity index (χ1) is 10.1. The number of hydrogen-bond donors (Lipinski definition) is 0. The van der Waals surface area contributed by atoms with Crippen LogP contribution in [0.5, 0.6) is 0 Å². The molecule has 0 aromatic heterocycles. The minimum atomic E-state index is -0.259. The van der Waals surface area contributed by atoms with Crippen LogP contribution in [0.3, 0.4) is 0 Å². The number of carbonyl (C=O) groups excluding carboxylic acids is 1. The van der Waals surface area contributed by atoms with E-state index in [0.717, 1.165) is 39.1 Å². The lowest BCUT2D eigenvalue weighted by Crippen LogP contribution is -2.48. The maximum atomic E-state index is 12.2. The SMILES string of the molecule is CC1(CCC(=O)N2CCN(Cc3ccccc3)CC2)N=N1. The Morgan fingerprint density at radius 3 is 2.43 bits per heavy atom. The highest BCUT2D eigenvalue weighted by atomic mass is 16.2. The summed E-state index contributed by atoms with van der Waals surface area (Å²) < 4.78 is 0. The van der Waals surface area contributed by atoms with Crippen molar-refractivity contribution in [2.75, 3.05) is 26.2 Å². The molecule has 0 spiro atoms. The van der Waals surface area contributed by atoms with Crippen LogP contribution in [0.25, 0.3) is 0 Å². The second-order valence-corrected chi connectivity index (χ2v) is 6.06. The second-order valence-electron chi connectivity index (χ2n) is 6.06. The van der Waals surface area contributed by atoms with E-state index < -0.39 is 0 Å². The molecule has 1 aromatic carbocycles. The van der Waals surface area contributed by atoms with Crippen molar-refractivity contribution in [1.82, 2.24) is 9.80 Å². The van der Waals surface area contributed by atoms with Crippen molar-refractivity contribution in [3.05, 3.63) is 35.9 Å². The van der Waals surface area contributed by atoms with E-state index in [1.165, 1.54) is 5.56 Å². The van der Waals surface area contributed by atoms with Gasteiger partial charge in [0.05, 0.1) is 0 Å². The molecule has 0 unspecified atom stereocenters. The molecule has 1 aromatic rings. The minimum absolute atomic E-state index is 0.243. The van der Waals surface area contributed by atoms with Crippen LogP contribution in [0.4, 0.5) is 0 Å². The van der Waals surface area contributed by atoms with Crippen LogP contribution in [-0.2, 0) is 11.3 Å². The lowest BCUT2D eigenvalue weighted by atomic mass is 10.1. The van der Waals surface area contributed by atoms with Gasteiger partial charge in [-0.2, -0.15) is 10.2 Å². The Balaban J connectivity index is 1.41. The molecule has 1 amide bonds. The summed E-state index contributed by atoms with van der Waals surface area (Å²) in [5, 5.41) is 7.91. The van der Waals surface area contributed by atoms with Crippen molar-refractivity contribution < 1.29 is 4.79 Å². The van der Waals surface area contributed by atoms with E-state index in [1.807, 2.05) is 17.9 Å². The first-order valence-corrected chi connectivity index (χ1v) is 7.63. The van der Waals surface area contributed by atoms with Crippen LogP contribution < -0.4 is 0 Å². The average Bonchev–Trinajstić information content (AvgIpc) is 3.25. The van der Waals surface area contributed by atoms with Gasteiger partial charge in [0.2, 0.25) is 5.91 Å². The maximum absolute atomic E-state index is 12.2. The lowest BCUT2D eigenvalue weighted by Gasteiger charge is -2.35. The standard InChI is InChI=1S/C16H22N4O/c1-16(17-18-16)8-7-15(21)20-11-9-19(10-12-20)13-14-5-3-2-4-6-14/h2-6H,7-13H2,1H3. The second kappa shape index (κ2) is 5.93. The predicted molar refractivity (Wildman–Crippen MR) is 80.8 cm³/mol. The Bertz CT molecular complexity index is 514. The van der Waals surface area contributed by atoms with Crippen LogP contribution in [-0.4, -0.2) is 47.5 Å². The average molecular weight is 286 g/mol. The molecule has 0 radical (unpaired) electrons. The van der Waals surface area contributed by atoms with Gasteiger partial charge < -0.3 is 4.90 Å². The topological polar surface area (TPSA) is 48.3 Å². The molecule has 2 heterocycles. The summed E-state index contributed by atoms with van der Waals surface area (Å²) in [5.74, 6) is 0.243. The zero-order valence-electron chi connectivity index (χ0n) is 12.5. The summed E-state index contributed by atoms with van der Waals surface area (Å²) in [6, 6.07) is 10.5. The van der Waals surface area contributed by atoms with E-state index in [2.05, 4.69) is 39.4 Å². The summed E-state index contributed by atoms with van der Waals surface area (Å²) in [6.45, 7) is 6.50. The smallest absolute Gasteiger partial charge is 0.222 e. The van der Waals surface area contributed by atoms with Crippen LogP contribution >= 0.6 is 0 Å². The Morgan fingerprint density at radius 1 is 1.14 bits per heavy atom. The largest absolute Gasteiger partial charge is 0.340 e. The molecule has 0 aliphatic carbocycles. The summed E-state index contributed by atoms with van der Waals surface area (Å²) in [5.41, 5.74) is 1.08. The third-order valence-corrected chi connectivity index (χ3v) is 4.23. The molecule has 2 aliphatic heterocycles. The van der Waals surface area contributed by atoms with E-state index in [4.69, 9.17) is 0 Å². The zero-order chi connectivity index (χ0) is 14.7. The van der Waals surface area contributed by atoms with Crippen LogP contribution in [0.2, 0.25) is 0 Å². The molecule has 1 fully saturated rings. The van der Waals surface area contributed by atoms with Crippen molar-refractivity contribution in [1.29, 1.82) is 0 Å². The quantitative estimate of drug-likeness (QED) is 0.834. The van der Waals surface area contributed by atoms with E-state index in [9.17, 15) is 4.79 Å². The lowest BCUT2D eigenvalue weighted by molar-refractivity contribution is -0.133. The van der Waals surface area contributed by atoms with Crippen LogP contribution in [0.1, 0.15) is 25.3 Å². The molecule has 5 nitrogen and oxygen atoms in total. The van der Waals surface area contributed by atoms with Crippen LogP contribution in [0, 0.1) is 0 Å². The van der Waals surface area contributed by atoms with Crippen molar-refractivity contribution >= 4 is 5.91 Å². The highest BCUT2D eigenvalue weighted by Gasteiger charge is 2.34. The van der Waals surface area contributed by atoms with Gasteiger partial charge in [0, 0.05) is 45.6 Å². The molecule has 0 bridgehead atoms. The van der Waals surface area contributed by atoms with Gasteiger partial charge in [-0.1, -0.05) is 30.3 Å². The molecule has 112 valence electrons. The monoisotopic (exact) mass is 286 g/mol. The van der Waals surface area contributed by atoms with Gasteiger partial charge in [0.25, 0.3) is 0 Å². The normalized spacial score (nSPS) is 20.5. The van der Waals surface area contributed by atoms with Gasteiger partial charge >= 0.3 is 0 Å². The molecule has 3 rings (SSSR count). The Labute approximate surface area is 125 Å². The minimum Gasteiger partial charge on any atom is -0.340 e. The number of carbonyl (C=O) groups is 1. The van der Waals surface area contributed by atoms with Crippen molar-refractivity contribution in [2.24, 2.45) is 10.2 Å². The van der Waals surface area contributed by atoms with Gasteiger partial charge in [-0.15, -0.1) is 0 Å². The van der Waals surface area contributed by atoms with Gasteiger partial charge in [0.1, 0.15) is 0 Å². The molecule has 5 heteroatoms. The fourth-order valence-electron chi connectivity index (χ4n) is 2.68. The number of benzene rings is 1. The van der Waals surface area contributed by atoms with Gasteiger partial charge in [0.15, 0.2) is 5.66 Å². The number of piperazine rings is 1. The van der Waals surface area contributed by atoms with Gasteiger partial charge in [-0.25, -0.2) is 0 Å². The van der Waals surface area contributed by atoms with E-state index in [-0.39, 0.29) is 11.6 Å². The Hall–Kier alpha value is -1.75. The predicted octanol–water partition coefficient (Wildman–Crippen LogP) is 2.29. The van der Waals surface area contributed by atoms with Crippen LogP contribution in [0.15, 0.2) is 40.6 Å². The first kappa shape index (κ1) is 14.2. The molecule has 2 aliphatic rings. The fraction of sp³-hybridized carbons (Fsp3) is 0.562. The zero-order valence-corrected chi connectivity index (χ0v) is 12.5. The summed E-state index contributed by atoms with van der Waals surface area (Å²) >= 11 is 0. The fourth-order valence-corrected chi connectivity index (χ4v) is 2.68. The van der Waals surface area contributed by atoms with E-state index in [1.54, 1.807) is 0 Å². The molecule has 0 atom stereocenters. The molecule has 1 saturated heterocycles. The molecular weight excluding hydrogens is 264 g/mol. The van der Waals surface area contributed by atoms with Crippen molar-refractivity contribution in [3.63, 3.8) is 0 Å². The van der Waals surface area contributed by atoms with Gasteiger partial charge in [-0.05, 0) is 12.5 Å². The molecule has 0 saturated carbocycles. The third-order valence-electron chi connectivity index (χ3n) is 4.23. The Kier molecular flexibility index (Phi) is 4.01. The summed E-state index contributed by atoms with van der Waals surface area (Å²) in [7, 11) is 0. The number of hydrogen-bond acceptors (Lipinski definition) is 4. The summed E-state index contributed by atoms with van der Waals surface area (Å²) in [4.78, 5) is 16.5. The third kappa shape index (κ3) is 3.88. The number of amides is 1. The Morgan fingerprint density at radius 2 is 1.81 bits per heavy atom. The van der Waals surface area contributed by atoms with Crippen molar-refractivity contribution in [2.45, 2.75) is 32.0 Å². The number of nitrogens with zero attached hydrogens (tertiary/aromatic N) is 4. The molecule has 0 N–H and O–H groups in total.